The maximum absolute atomic E-state index is 12.9. The summed E-state index contributed by atoms with van der Waals surface area (Å²) in [4.78, 5) is 24.4. The summed E-state index contributed by atoms with van der Waals surface area (Å²) in [6.07, 6.45) is 0.825. The van der Waals surface area contributed by atoms with Crippen molar-refractivity contribution in [2.75, 3.05) is 6.61 Å². The number of carbonyl (C=O) groups is 2. The van der Waals surface area contributed by atoms with Crippen molar-refractivity contribution in [3.05, 3.63) is 71.5 Å². The molecule has 0 radical (unpaired) electrons. The standard InChI is InChI=1S/C21H24FNO3/c1-3-15(2)20(17-7-5-4-6-8-17)21(25)26-14-19(24)23-13-16-9-11-18(22)12-10-16/h4-12,15,20H,3,13-14H2,1-2H3,(H,23,24)/t15-,20-/m0/s1. The second-order valence-corrected chi connectivity index (χ2v) is 6.28. The van der Waals surface area contributed by atoms with Crippen LogP contribution in [-0.2, 0) is 20.9 Å². The van der Waals surface area contributed by atoms with Crippen LogP contribution >= 0.6 is 0 Å². The molecule has 0 saturated heterocycles. The number of carbonyl (C=O) groups excluding carboxylic acids is 2. The van der Waals surface area contributed by atoms with Crippen molar-refractivity contribution < 1.29 is 18.7 Å². The van der Waals surface area contributed by atoms with E-state index < -0.39 is 17.8 Å². The summed E-state index contributed by atoms with van der Waals surface area (Å²) >= 11 is 0. The highest BCUT2D eigenvalue weighted by Gasteiger charge is 2.27. The van der Waals surface area contributed by atoms with Crippen LogP contribution in [0.15, 0.2) is 54.6 Å². The van der Waals surface area contributed by atoms with Gasteiger partial charge >= 0.3 is 5.97 Å². The molecule has 0 aromatic heterocycles. The first kappa shape index (κ1) is 19.6. The van der Waals surface area contributed by atoms with Crippen LogP contribution < -0.4 is 5.32 Å². The fourth-order valence-electron chi connectivity index (χ4n) is 2.67. The van der Waals surface area contributed by atoms with Gasteiger partial charge in [-0.25, -0.2) is 4.39 Å². The Hall–Kier alpha value is -2.69. The minimum absolute atomic E-state index is 0.104. The molecule has 0 fully saturated rings. The Morgan fingerprint density at radius 1 is 1.08 bits per heavy atom. The van der Waals surface area contributed by atoms with Crippen LogP contribution in [0, 0.1) is 11.7 Å². The zero-order valence-corrected chi connectivity index (χ0v) is 15.1. The van der Waals surface area contributed by atoms with Gasteiger partial charge in [-0.3, -0.25) is 9.59 Å². The van der Waals surface area contributed by atoms with Gasteiger partial charge in [-0.15, -0.1) is 0 Å². The van der Waals surface area contributed by atoms with Gasteiger partial charge in [0.15, 0.2) is 6.61 Å². The molecule has 0 saturated carbocycles. The van der Waals surface area contributed by atoms with E-state index in [0.29, 0.717) is 0 Å². The van der Waals surface area contributed by atoms with Crippen molar-refractivity contribution in [2.24, 2.45) is 5.92 Å². The highest BCUT2D eigenvalue weighted by atomic mass is 19.1. The number of nitrogens with one attached hydrogen (secondary N) is 1. The Kier molecular flexibility index (Phi) is 7.33. The lowest BCUT2D eigenvalue weighted by molar-refractivity contribution is -0.151. The van der Waals surface area contributed by atoms with Crippen LogP contribution in [0.25, 0.3) is 0 Å². The van der Waals surface area contributed by atoms with E-state index in [1.54, 1.807) is 12.1 Å². The monoisotopic (exact) mass is 357 g/mol. The summed E-state index contributed by atoms with van der Waals surface area (Å²) in [5, 5.41) is 2.66. The van der Waals surface area contributed by atoms with Crippen molar-refractivity contribution in [1.29, 1.82) is 0 Å². The van der Waals surface area contributed by atoms with Crippen molar-refractivity contribution in [3.8, 4) is 0 Å². The number of rotatable bonds is 8. The first-order valence-corrected chi connectivity index (χ1v) is 8.74. The molecule has 138 valence electrons. The minimum atomic E-state index is -0.400. The molecule has 0 aliphatic carbocycles. The number of benzene rings is 2. The van der Waals surface area contributed by atoms with Crippen molar-refractivity contribution in [1.82, 2.24) is 5.32 Å². The van der Waals surface area contributed by atoms with E-state index in [9.17, 15) is 14.0 Å². The number of esters is 1. The Balaban J connectivity index is 1.88. The number of hydrogen-bond acceptors (Lipinski definition) is 3. The van der Waals surface area contributed by atoms with Gasteiger partial charge < -0.3 is 10.1 Å². The van der Waals surface area contributed by atoms with Crippen LogP contribution in [-0.4, -0.2) is 18.5 Å². The van der Waals surface area contributed by atoms with Gasteiger partial charge in [-0.1, -0.05) is 62.7 Å². The van der Waals surface area contributed by atoms with E-state index in [1.165, 1.54) is 12.1 Å². The second kappa shape index (κ2) is 9.70. The van der Waals surface area contributed by atoms with Crippen LogP contribution in [0.5, 0.6) is 0 Å². The maximum Gasteiger partial charge on any atom is 0.314 e. The zero-order chi connectivity index (χ0) is 18.9. The van der Waals surface area contributed by atoms with E-state index in [4.69, 9.17) is 4.74 Å². The molecule has 2 atom stereocenters. The van der Waals surface area contributed by atoms with Crippen molar-refractivity contribution in [3.63, 3.8) is 0 Å². The third-order valence-electron chi connectivity index (χ3n) is 4.37. The van der Waals surface area contributed by atoms with Gasteiger partial charge in [0.05, 0.1) is 5.92 Å². The molecule has 0 heterocycles. The van der Waals surface area contributed by atoms with E-state index >= 15 is 0 Å². The predicted octanol–water partition coefficient (Wildman–Crippen LogP) is 3.82. The topological polar surface area (TPSA) is 55.4 Å². The molecule has 0 aliphatic rings. The molecular weight excluding hydrogens is 333 g/mol. The summed E-state index contributed by atoms with van der Waals surface area (Å²) in [5.74, 6) is -1.41. The van der Waals surface area contributed by atoms with Gasteiger partial charge in [0.1, 0.15) is 5.82 Å². The first-order valence-electron chi connectivity index (χ1n) is 8.74. The van der Waals surface area contributed by atoms with Crippen molar-refractivity contribution in [2.45, 2.75) is 32.7 Å². The highest BCUT2D eigenvalue weighted by Crippen LogP contribution is 2.28. The molecule has 4 nitrogen and oxygen atoms in total. The average Bonchev–Trinajstić information content (AvgIpc) is 2.66. The number of amides is 1. The highest BCUT2D eigenvalue weighted by molar-refractivity contribution is 5.83. The van der Waals surface area contributed by atoms with Gasteiger partial charge in [-0.05, 0) is 29.2 Å². The summed E-state index contributed by atoms with van der Waals surface area (Å²) in [7, 11) is 0. The fraction of sp³-hybridized carbons (Fsp3) is 0.333. The molecule has 5 heteroatoms. The molecular formula is C21H24FNO3. The van der Waals surface area contributed by atoms with Gasteiger partial charge in [-0.2, -0.15) is 0 Å². The van der Waals surface area contributed by atoms with Crippen LogP contribution in [0.2, 0.25) is 0 Å². The molecule has 0 bridgehead atoms. The summed E-state index contributed by atoms with van der Waals surface area (Å²) in [5.41, 5.74) is 1.66. The summed E-state index contributed by atoms with van der Waals surface area (Å²) < 4.78 is 18.1. The van der Waals surface area contributed by atoms with Crippen molar-refractivity contribution >= 4 is 11.9 Å². The molecule has 1 N–H and O–H groups in total. The Morgan fingerprint density at radius 3 is 2.35 bits per heavy atom. The van der Waals surface area contributed by atoms with Gasteiger partial charge in [0.25, 0.3) is 5.91 Å². The smallest absolute Gasteiger partial charge is 0.314 e. The third kappa shape index (κ3) is 5.69. The maximum atomic E-state index is 12.9. The minimum Gasteiger partial charge on any atom is -0.455 e. The van der Waals surface area contributed by atoms with E-state index in [0.717, 1.165) is 17.5 Å². The fourth-order valence-corrected chi connectivity index (χ4v) is 2.67. The molecule has 0 aliphatic heterocycles. The van der Waals surface area contributed by atoms with Gasteiger partial charge in [0, 0.05) is 6.54 Å². The zero-order valence-electron chi connectivity index (χ0n) is 15.1. The van der Waals surface area contributed by atoms with Crippen LogP contribution in [0.4, 0.5) is 4.39 Å². The predicted molar refractivity (Wildman–Crippen MR) is 97.8 cm³/mol. The van der Waals surface area contributed by atoms with Crippen LogP contribution in [0.1, 0.15) is 37.3 Å². The lowest BCUT2D eigenvalue weighted by Gasteiger charge is -2.21. The van der Waals surface area contributed by atoms with E-state index in [-0.39, 0.29) is 24.9 Å². The molecule has 2 rings (SSSR count). The first-order chi connectivity index (χ1) is 12.5. The lowest BCUT2D eigenvalue weighted by Crippen LogP contribution is -2.30. The number of ether oxygens (including phenoxy) is 1. The van der Waals surface area contributed by atoms with Crippen LogP contribution in [0.3, 0.4) is 0 Å². The molecule has 2 aromatic carbocycles. The average molecular weight is 357 g/mol. The third-order valence-corrected chi connectivity index (χ3v) is 4.37. The molecule has 0 unspecified atom stereocenters. The lowest BCUT2D eigenvalue weighted by atomic mass is 9.86. The molecule has 1 amide bonds. The Bertz CT molecular complexity index is 716. The molecule has 2 aromatic rings. The molecule has 0 spiro atoms. The van der Waals surface area contributed by atoms with E-state index in [2.05, 4.69) is 5.32 Å². The molecule has 26 heavy (non-hydrogen) atoms. The van der Waals surface area contributed by atoms with Gasteiger partial charge in [0.2, 0.25) is 0 Å². The summed E-state index contributed by atoms with van der Waals surface area (Å²) in [6.45, 7) is 3.93. The Labute approximate surface area is 153 Å². The van der Waals surface area contributed by atoms with E-state index in [1.807, 2.05) is 44.2 Å². The normalized spacial score (nSPS) is 12.9. The largest absolute Gasteiger partial charge is 0.455 e. The number of hydrogen-bond donors (Lipinski definition) is 1. The SMILES string of the molecule is CC[C@H](C)[C@H](C(=O)OCC(=O)NCc1ccc(F)cc1)c1ccccc1. The number of halogens is 1. The quantitative estimate of drug-likeness (QED) is 0.731. The summed E-state index contributed by atoms with van der Waals surface area (Å²) in [6, 6.07) is 15.3. The second-order valence-electron chi connectivity index (χ2n) is 6.28. The Morgan fingerprint density at radius 2 is 1.73 bits per heavy atom.